The number of hydroxylamine groups is 2. The standard InChI is InChI=1S/C49H74F4N4O13S/c1-3-11-57(69-4-2)49(59)38-31-43-42(55-44(54)32-38)33-39(71-43)9-8-37-35-56(36-37)12-16-63-20-24-67-28-30-68-29-26-65-22-18-61-14-7-5-6-13-60-17-21-64-25-27-66-23-19-62-15-10-45(58)70-48-46(52)40(50)34-41(51)47(48)53/h31,33-34,37H,3-30,32,35-36H2,1-2H3,(H2,54,55). The Kier molecular flexibility index (Phi) is 30.6. The number of carbonyl (C=O) groups is 2. The Morgan fingerprint density at radius 3 is 1.73 bits per heavy atom. The third-order valence-corrected chi connectivity index (χ3v) is 11.9. The highest BCUT2D eigenvalue weighted by molar-refractivity contribution is 7.13. The number of fused-ring (bicyclic) bond motifs is 1. The molecule has 2 aliphatic rings. The highest BCUT2D eigenvalue weighted by Crippen LogP contribution is 2.36. The van der Waals surface area contributed by atoms with Crippen molar-refractivity contribution in [2.45, 2.75) is 65.2 Å². The van der Waals surface area contributed by atoms with Crippen LogP contribution in [0.2, 0.25) is 0 Å². The molecule has 3 heterocycles. The van der Waals surface area contributed by atoms with E-state index in [2.05, 4.69) is 20.7 Å². The average Bonchev–Trinajstić information content (AvgIpc) is 3.64. The number of nitrogens with zero attached hydrogens (tertiary/aromatic N) is 3. The maximum Gasteiger partial charge on any atom is 0.313 e. The quantitative estimate of drug-likeness (QED) is 0.0191. The second-order valence-electron chi connectivity index (χ2n) is 16.5. The van der Waals surface area contributed by atoms with E-state index in [-0.39, 0.29) is 38.2 Å². The molecule has 1 amide bonds. The van der Waals surface area contributed by atoms with Gasteiger partial charge in [-0.05, 0) is 63.5 Å². The summed E-state index contributed by atoms with van der Waals surface area (Å²) >= 11 is 1.69. The van der Waals surface area contributed by atoms with E-state index in [0.717, 1.165) is 68.7 Å². The Morgan fingerprint density at radius 2 is 1.21 bits per heavy atom. The van der Waals surface area contributed by atoms with Gasteiger partial charge in [-0.15, -0.1) is 11.3 Å². The molecule has 22 heteroatoms. The largest absolute Gasteiger partial charge is 0.420 e. The molecule has 2 aromatic rings. The molecule has 0 radical (unpaired) electrons. The number of amides is 1. The summed E-state index contributed by atoms with van der Waals surface area (Å²) in [4.78, 5) is 39.7. The van der Waals surface area contributed by atoms with Crippen LogP contribution in [0.25, 0.3) is 6.08 Å². The lowest BCUT2D eigenvalue weighted by molar-refractivity contribution is -0.180. The van der Waals surface area contributed by atoms with Crippen LogP contribution in [0.4, 0.5) is 23.2 Å². The van der Waals surface area contributed by atoms with Crippen LogP contribution in [0.3, 0.4) is 0 Å². The highest BCUT2D eigenvalue weighted by Gasteiger charge is 2.27. The van der Waals surface area contributed by atoms with Crippen molar-refractivity contribution in [2.24, 2.45) is 16.6 Å². The van der Waals surface area contributed by atoms with Crippen molar-refractivity contribution >= 4 is 40.8 Å². The fourth-order valence-electron chi connectivity index (χ4n) is 7.11. The van der Waals surface area contributed by atoms with Gasteiger partial charge in [-0.25, -0.2) is 18.8 Å². The molecule has 2 N–H and O–H groups in total. The summed E-state index contributed by atoms with van der Waals surface area (Å²) in [5.74, 6) is -8.52. The summed E-state index contributed by atoms with van der Waals surface area (Å²) in [5.41, 5.74) is 7.66. The molecule has 71 heavy (non-hydrogen) atoms. The fourth-order valence-corrected chi connectivity index (χ4v) is 8.20. The number of hydrogen-bond donors (Lipinski definition) is 1. The Morgan fingerprint density at radius 1 is 0.704 bits per heavy atom. The van der Waals surface area contributed by atoms with Crippen molar-refractivity contribution in [3.05, 3.63) is 50.7 Å². The molecule has 402 valence electrons. The van der Waals surface area contributed by atoms with Crippen LogP contribution < -0.4 is 10.5 Å². The Bertz CT molecular complexity index is 1860. The smallest absolute Gasteiger partial charge is 0.313 e. The van der Waals surface area contributed by atoms with Crippen LogP contribution in [0, 0.1) is 29.2 Å². The number of aliphatic imine (C=N–C) groups is 1. The molecule has 0 atom stereocenters. The van der Waals surface area contributed by atoms with Crippen LogP contribution in [-0.2, 0) is 63.5 Å². The molecule has 0 spiro atoms. The first-order valence-corrected chi connectivity index (χ1v) is 25.5. The molecule has 1 saturated heterocycles. The molecule has 1 aromatic carbocycles. The number of unbranched alkanes of at least 4 members (excludes halogenated alkanes) is 2. The number of hydrogen-bond acceptors (Lipinski definition) is 17. The van der Waals surface area contributed by atoms with Crippen molar-refractivity contribution in [1.82, 2.24) is 9.96 Å². The first-order valence-electron chi connectivity index (χ1n) is 24.7. The first kappa shape index (κ1) is 59.9. The molecule has 17 nitrogen and oxygen atoms in total. The zero-order valence-corrected chi connectivity index (χ0v) is 42.2. The number of amidine groups is 1. The summed E-state index contributed by atoms with van der Waals surface area (Å²) in [6, 6.07) is 2.14. The summed E-state index contributed by atoms with van der Waals surface area (Å²) in [7, 11) is 0. The summed E-state index contributed by atoms with van der Waals surface area (Å²) in [6.07, 6.45) is 7.58. The van der Waals surface area contributed by atoms with E-state index in [0.29, 0.717) is 136 Å². The van der Waals surface area contributed by atoms with Gasteiger partial charge >= 0.3 is 5.97 Å². The van der Waals surface area contributed by atoms with Gasteiger partial charge in [0.05, 0.1) is 129 Å². The molecule has 1 fully saturated rings. The lowest BCUT2D eigenvalue weighted by atomic mass is 9.94. The first-order chi connectivity index (χ1) is 34.6. The number of halogens is 4. The van der Waals surface area contributed by atoms with Gasteiger partial charge in [0.25, 0.3) is 5.91 Å². The van der Waals surface area contributed by atoms with E-state index in [4.69, 9.17) is 53.2 Å². The maximum absolute atomic E-state index is 13.6. The van der Waals surface area contributed by atoms with Crippen LogP contribution in [0.5, 0.6) is 5.75 Å². The number of esters is 1. The van der Waals surface area contributed by atoms with Crippen molar-refractivity contribution in [3.8, 4) is 5.75 Å². The number of ether oxygens (including phenoxy) is 10. The molecule has 0 aliphatic carbocycles. The normalized spacial score (nSPS) is 14.0. The minimum Gasteiger partial charge on any atom is -0.420 e. The summed E-state index contributed by atoms with van der Waals surface area (Å²) in [5, 5.41) is 1.44. The number of aryl methyl sites for hydroxylation is 1. The minimum atomic E-state index is -1.79. The summed E-state index contributed by atoms with van der Waals surface area (Å²) < 4.78 is 108. The topological polar surface area (TPSA) is 181 Å². The molecule has 0 saturated carbocycles. The van der Waals surface area contributed by atoms with Gasteiger partial charge in [0, 0.05) is 62.3 Å². The predicted molar refractivity (Wildman–Crippen MR) is 258 cm³/mol. The van der Waals surface area contributed by atoms with Gasteiger partial charge < -0.3 is 58.0 Å². The zero-order chi connectivity index (χ0) is 50.9. The SMILES string of the molecule is CCCN(OCC)C(=O)C1=Cc2sc(CCC3CN(CCOCCOCCOCCOCCOCCCCCOCCOCCOCCOCCC(=O)Oc4c(F)c(F)cc(F)c4F)C3)cc2N=C(N)C1. The minimum absolute atomic E-state index is 0.0233. The van der Waals surface area contributed by atoms with Gasteiger partial charge in [0.15, 0.2) is 11.6 Å². The Hall–Kier alpha value is -3.65. The van der Waals surface area contributed by atoms with E-state index >= 15 is 0 Å². The second kappa shape index (κ2) is 36.3. The lowest BCUT2D eigenvalue weighted by Crippen LogP contribution is -2.48. The average molecular weight is 1040 g/mol. The molecule has 2 aliphatic heterocycles. The highest BCUT2D eigenvalue weighted by atomic mass is 32.1. The fraction of sp³-hybridized carbons (Fsp3) is 0.694. The van der Waals surface area contributed by atoms with Gasteiger partial charge in [-0.2, -0.15) is 8.78 Å². The van der Waals surface area contributed by atoms with Crippen molar-refractivity contribution in [2.75, 3.05) is 152 Å². The Labute approximate surface area is 419 Å². The number of carbonyl (C=O) groups excluding carboxylic acids is 2. The monoisotopic (exact) mass is 1030 g/mol. The van der Waals surface area contributed by atoms with Crippen LogP contribution in [-0.4, -0.2) is 179 Å². The molecular weight excluding hydrogens is 961 g/mol. The van der Waals surface area contributed by atoms with Gasteiger partial charge in [-0.3, -0.25) is 14.4 Å². The van der Waals surface area contributed by atoms with E-state index in [1.807, 2.05) is 19.9 Å². The van der Waals surface area contributed by atoms with Crippen molar-refractivity contribution < 1.29 is 79.4 Å². The number of likely N-dealkylation sites (tertiary alicyclic amines) is 1. The number of thiophene rings is 1. The van der Waals surface area contributed by atoms with Gasteiger partial charge in [0.2, 0.25) is 17.4 Å². The molecule has 4 rings (SSSR count). The molecule has 0 bridgehead atoms. The third kappa shape index (κ3) is 24.3. The van der Waals surface area contributed by atoms with Gasteiger partial charge in [-0.1, -0.05) is 6.92 Å². The van der Waals surface area contributed by atoms with Crippen molar-refractivity contribution in [1.29, 1.82) is 0 Å². The van der Waals surface area contributed by atoms with Crippen LogP contribution in [0.1, 0.15) is 68.5 Å². The maximum atomic E-state index is 13.6. The van der Waals surface area contributed by atoms with Crippen LogP contribution in [0.15, 0.2) is 22.7 Å². The van der Waals surface area contributed by atoms with E-state index in [9.17, 15) is 27.2 Å². The number of rotatable bonds is 42. The molecule has 1 aromatic heterocycles. The van der Waals surface area contributed by atoms with Crippen LogP contribution >= 0.6 is 11.3 Å². The number of nitrogens with two attached hydrogens (primary N) is 1. The second-order valence-corrected chi connectivity index (χ2v) is 17.7. The van der Waals surface area contributed by atoms with Gasteiger partial charge in [0.1, 0.15) is 5.84 Å². The third-order valence-electron chi connectivity index (χ3n) is 10.7. The van der Waals surface area contributed by atoms with Crippen molar-refractivity contribution in [3.63, 3.8) is 0 Å². The van der Waals surface area contributed by atoms with E-state index < -0.39 is 35.0 Å². The lowest BCUT2D eigenvalue weighted by Gasteiger charge is -2.39. The summed E-state index contributed by atoms with van der Waals surface area (Å²) in [6.45, 7) is 15.8. The molecular formula is C49H74F4N4O13S. The Balaban J connectivity index is 0.814. The molecule has 0 unspecified atom stereocenters. The number of benzene rings is 1. The predicted octanol–water partition coefficient (Wildman–Crippen LogP) is 6.45. The zero-order valence-electron chi connectivity index (χ0n) is 41.4. The van der Waals surface area contributed by atoms with E-state index in [1.165, 1.54) is 9.94 Å². The van der Waals surface area contributed by atoms with E-state index in [1.54, 1.807) is 11.3 Å².